The number of carbonyl (C=O) groups excluding carboxylic acids is 1. The first-order chi connectivity index (χ1) is 10.6. The number of hydrogen-bond donors (Lipinski definition) is 0. The van der Waals surface area contributed by atoms with Gasteiger partial charge in [-0.1, -0.05) is 0 Å². The van der Waals surface area contributed by atoms with Crippen LogP contribution in [0.3, 0.4) is 0 Å². The molecule has 1 unspecified atom stereocenters. The van der Waals surface area contributed by atoms with Crippen molar-refractivity contribution in [3.05, 3.63) is 34.0 Å². The van der Waals surface area contributed by atoms with Crippen LogP contribution in [-0.2, 0) is 0 Å². The third-order valence-corrected chi connectivity index (χ3v) is 5.15. The number of aromatic nitrogens is 3. The van der Waals surface area contributed by atoms with Crippen molar-refractivity contribution in [2.75, 3.05) is 13.1 Å². The molecular weight excluding hydrogens is 296 g/mol. The average Bonchev–Trinajstić information content (AvgIpc) is 3.15. The first-order valence-corrected chi connectivity index (χ1v) is 8.63. The van der Waals surface area contributed by atoms with E-state index in [0.29, 0.717) is 11.6 Å². The maximum absolute atomic E-state index is 12.8. The Labute approximate surface area is 135 Å². The van der Waals surface area contributed by atoms with Gasteiger partial charge in [0.25, 0.3) is 5.91 Å². The van der Waals surface area contributed by atoms with Gasteiger partial charge in [-0.2, -0.15) is 5.10 Å². The molecule has 2 aromatic heterocycles. The van der Waals surface area contributed by atoms with Gasteiger partial charge in [0, 0.05) is 42.3 Å². The molecule has 0 bridgehead atoms. The summed E-state index contributed by atoms with van der Waals surface area (Å²) in [5.74, 6) is 0.455. The number of nitrogens with zero attached hydrogens (tertiary/aromatic N) is 4. The monoisotopic (exact) mass is 318 g/mol. The van der Waals surface area contributed by atoms with E-state index in [1.165, 1.54) is 4.88 Å². The van der Waals surface area contributed by atoms with Crippen LogP contribution in [0.2, 0.25) is 0 Å². The van der Waals surface area contributed by atoms with Crippen LogP contribution in [0.5, 0.6) is 0 Å². The number of piperidine rings is 1. The van der Waals surface area contributed by atoms with E-state index in [0.717, 1.165) is 30.9 Å². The molecule has 1 fully saturated rings. The maximum atomic E-state index is 12.8. The minimum atomic E-state index is 0.0872. The Bertz CT molecular complexity index is 661. The van der Waals surface area contributed by atoms with E-state index in [1.54, 1.807) is 22.2 Å². The van der Waals surface area contributed by atoms with Gasteiger partial charge in [-0.15, -0.1) is 11.3 Å². The quantitative estimate of drug-likeness (QED) is 0.873. The van der Waals surface area contributed by atoms with Crippen molar-refractivity contribution >= 4 is 17.2 Å². The Hall–Kier alpha value is -1.69. The zero-order valence-corrected chi connectivity index (χ0v) is 14.1. The van der Waals surface area contributed by atoms with E-state index >= 15 is 0 Å². The summed E-state index contributed by atoms with van der Waals surface area (Å²) in [7, 11) is 0. The number of hydrogen-bond acceptors (Lipinski definition) is 4. The lowest BCUT2D eigenvalue weighted by Gasteiger charge is -2.32. The van der Waals surface area contributed by atoms with Gasteiger partial charge in [0.15, 0.2) is 0 Å². The fraction of sp³-hybridized carbons (Fsp3) is 0.562. The minimum Gasteiger partial charge on any atom is -0.337 e. The molecular formula is C16H22N4OS. The van der Waals surface area contributed by atoms with Crippen LogP contribution in [-0.4, -0.2) is 38.7 Å². The van der Waals surface area contributed by atoms with Crippen molar-refractivity contribution in [3.8, 4) is 0 Å². The number of likely N-dealkylation sites (tertiary alicyclic amines) is 1. The number of amides is 1. The molecule has 1 atom stereocenters. The summed E-state index contributed by atoms with van der Waals surface area (Å²) in [6.07, 6.45) is 5.78. The van der Waals surface area contributed by atoms with Gasteiger partial charge >= 0.3 is 0 Å². The number of carbonyl (C=O) groups is 1. The van der Waals surface area contributed by atoms with E-state index in [1.807, 2.05) is 31.0 Å². The number of aryl methyl sites for hydroxylation is 1. The smallest absolute Gasteiger partial charge is 0.272 e. The topological polar surface area (TPSA) is 51.0 Å². The lowest BCUT2D eigenvalue weighted by Crippen LogP contribution is -2.40. The maximum Gasteiger partial charge on any atom is 0.272 e. The molecule has 0 radical (unpaired) electrons. The first kappa shape index (κ1) is 15.2. The second-order valence-electron chi connectivity index (χ2n) is 6.15. The second kappa shape index (κ2) is 6.20. The molecule has 118 valence electrons. The Morgan fingerprint density at radius 2 is 2.27 bits per heavy atom. The van der Waals surface area contributed by atoms with Crippen molar-refractivity contribution < 1.29 is 4.79 Å². The van der Waals surface area contributed by atoms with Gasteiger partial charge in [0.1, 0.15) is 5.69 Å². The fourth-order valence-electron chi connectivity index (χ4n) is 2.98. The van der Waals surface area contributed by atoms with E-state index in [9.17, 15) is 4.79 Å². The van der Waals surface area contributed by atoms with E-state index in [-0.39, 0.29) is 11.9 Å². The van der Waals surface area contributed by atoms with Gasteiger partial charge in [-0.3, -0.25) is 9.48 Å². The highest BCUT2D eigenvalue weighted by Gasteiger charge is 2.28. The van der Waals surface area contributed by atoms with Crippen LogP contribution in [0.25, 0.3) is 0 Å². The summed E-state index contributed by atoms with van der Waals surface area (Å²) >= 11 is 1.75. The summed E-state index contributed by atoms with van der Waals surface area (Å²) in [6.45, 7) is 7.74. The average molecular weight is 318 g/mol. The van der Waals surface area contributed by atoms with E-state index in [4.69, 9.17) is 0 Å². The fourth-order valence-corrected chi connectivity index (χ4v) is 3.88. The Kier molecular flexibility index (Phi) is 4.29. The molecule has 1 saturated heterocycles. The highest BCUT2D eigenvalue weighted by molar-refractivity contribution is 7.11. The molecule has 22 heavy (non-hydrogen) atoms. The summed E-state index contributed by atoms with van der Waals surface area (Å²) in [4.78, 5) is 20.5. The molecule has 5 nitrogen and oxygen atoms in total. The van der Waals surface area contributed by atoms with Crippen LogP contribution >= 0.6 is 11.3 Å². The minimum absolute atomic E-state index is 0.0872. The first-order valence-electron chi connectivity index (χ1n) is 7.81. The lowest BCUT2D eigenvalue weighted by molar-refractivity contribution is 0.0692. The third kappa shape index (κ3) is 2.92. The molecule has 1 aliphatic heterocycles. The predicted octanol–water partition coefficient (Wildman–Crippen LogP) is 3.25. The molecule has 0 aromatic carbocycles. The molecule has 1 aliphatic rings. The Morgan fingerprint density at radius 1 is 1.45 bits per heavy atom. The molecule has 0 N–H and O–H groups in total. The van der Waals surface area contributed by atoms with Crippen molar-refractivity contribution in [1.82, 2.24) is 19.7 Å². The standard InChI is InChI=1S/C16H22N4OS/c1-11(2)20-14(6-7-18-20)16(21)19-8-4-5-13(10-19)15-17-9-12(3)22-15/h6-7,9,11,13H,4-5,8,10H2,1-3H3. The number of rotatable bonds is 3. The van der Waals surface area contributed by atoms with Crippen molar-refractivity contribution in [2.45, 2.75) is 45.6 Å². The van der Waals surface area contributed by atoms with Crippen LogP contribution in [0.4, 0.5) is 0 Å². The molecule has 1 amide bonds. The van der Waals surface area contributed by atoms with Crippen LogP contribution < -0.4 is 0 Å². The summed E-state index contributed by atoms with van der Waals surface area (Å²) < 4.78 is 1.81. The predicted molar refractivity (Wildman–Crippen MR) is 87.3 cm³/mol. The van der Waals surface area contributed by atoms with Crippen molar-refractivity contribution in [2.24, 2.45) is 0 Å². The summed E-state index contributed by atoms with van der Waals surface area (Å²) in [5.41, 5.74) is 0.686. The SMILES string of the molecule is Cc1cnc(C2CCCN(C(=O)c3ccnn3C(C)C)C2)s1. The van der Waals surface area contributed by atoms with Gasteiger partial charge in [-0.25, -0.2) is 4.98 Å². The van der Waals surface area contributed by atoms with Gasteiger partial charge < -0.3 is 4.90 Å². The molecule has 0 saturated carbocycles. The van der Waals surface area contributed by atoms with Gasteiger partial charge in [0.05, 0.1) is 5.01 Å². The third-order valence-electron chi connectivity index (χ3n) is 4.08. The van der Waals surface area contributed by atoms with Gasteiger partial charge in [-0.05, 0) is 39.7 Å². The zero-order chi connectivity index (χ0) is 15.7. The molecule has 0 aliphatic carbocycles. The Balaban J connectivity index is 1.77. The van der Waals surface area contributed by atoms with E-state index in [2.05, 4.69) is 17.0 Å². The van der Waals surface area contributed by atoms with Crippen LogP contribution in [0, 0.1) is 6.92 Å². The summed E-state index contributed by atoms with van der Waals surface area (Å²) in [5, 5.41) is 5.43. The zero-order valence-electron chi connectivity index (χ0n) is 13.3. The molecule has 2 aromatic rings. The second-order valence-corrected chi connectivity index (χ2v) is 7.42. The molecule has 3 heterocycles. The normalized spacial score (nSPS) is 18.9. The number of thiazole rings is 1. The highest BCUT2D eigenvalue weighted by Crippen LogP contribution is 2.30. The largest absolute Gasteiger partial charge is 0.337 e. The van der Waals surface area contributed by atoms with Crippen LogP contribution in [0.15, 0.2) is 18.5 Å². The summed E-state index contributed by atoms with van der Waals surface area (Å²) in [6, 6.07) is 2.01. The van der Waals surface area contributed by atoms with Crippen molar-refractivity contribution in [3.63, 3.8) is 0 Å². The molecule has 3 rings (SSSR count). The lowest BCUT2D eigenvalue weighted by atomic mass is 9.98. The van der Waals surface area contributed by atoms with Crippen LogP contribution in [0.1, 0.15) is 59.0 Å². The molecule has 0 spiro atoms. The highest BCUT2D eigenvalue weighted by atomic mass is 32.1. The van der Waals surface area contributed by atoms with Gasteiger partial charge in [0.2, 0.25) is 0 Å². The Morgan fingerprint density at radius 3 is 2.95 bits per heavy atom. The molecule has 6 heteroatoms. The van der Waals surface area contributed by atoms with E-state index < -0.39 is 0 Å². The van der Waals surface area contributed by atoms with Crippen molar-refractivity contribution in [1.29, 1.82) is 0 Å².